The summed E-state index contributed by atoms with van der Waals surface area (Å²) in [5.41, 5.74) is 1.88. The number of fused-ring (bicyclic) bond motifs is 1. The van der Waals surface area contributed by atoms with E-state index in [0.29, 0.717) is 6.54 Å². The highest BCUT2D eigenvalue weighted by atomic mass is 32.2. The molecule has 0 saturated carbocycles. The van der Waals surface area contributed by atoms with Crippen LogP contribution in [0.25, 0.3) is 0 Å². The number of benzene rings is 1. The highest BCUT2D eigenvalue weighted by Crippen LogP contribution is 2.28. The predicted molar refractivity (Wildman–Crippen MR) is 98.3 cm³/mol. The number of nitrogens with zero attached hydrogens (tertiary/aromatic N) is 2. The highest BCUT2D eigenvalue weighted by Gasteiger charge is 2.33. The lowest BCUT2D eigenvalue weighted by Crippen LogP contribution is -2.44. The van der Waals surface area contributed by atoms with Crippen LogP contribution < -0.4 is 4.90 Å². The van der Waals surface area contributed by atoms with Crippen LogP contribution in [0.2, 0.25) is 0 Å². The number of para-hydroxylation sites is 1. The summed E-state index contributed by atoms with van der Waals surface area (Å²) >= 11 is 0. The van der Waals surface area contributed by atoms with E-state index in [1.807, 2.05) is 24.3 Å². The summed E-state index contributed by atoms with van der Waals surface area (Å²) in [4.78, 5) is 27.4. The van der Waals surface area contributed by atoms with E-state index >= 15 is 0 Å². The summed E-state index contributed by atoms with van der Waals surface area (Å²) in [5.74, 6) is -0.653. The molecule has 0 fully saturated rings. The number of sulfone groups is 1. The van der Waals surface area contributed by atoms with Crippen LogP contribution in [0.3, 0.4) is 0 Å². The fourth-order valence-electron chi connectivity index (χ4n) is 2.96. The van der Waals surface area contributed by atoms with Gasteiger partial charge < -0.3 is 9.80 Å². The largest absolute Gasteiger partial charge is 0.349 e. The molecule has 6 nitrogen and oxygen atoms in total. The van der Waals surface area contributed by atoms with Crippen molar-refractivity contribution in [2.45, 2.75) is 37.9 Å². The van der Waals surface area contributed by atoms with Crippen LogP contribution in [0.1, 0.15) is 31.7 Å². The van der Waals surface area contributed by atoms with Crippen molar-refractivity contribution in [1.29, 1.82) is 0 Å². The van der Waals surface area contributed by atoms with E-state index in [0.717, 1.165) is 24.1 Å². The summed E-state index contributed by atoms with van der Waals surface area (Å²) in [7, 11) is -0.323. The first-order valence-electron chi connectivity index (χ1n) is 8.55. The van der Waals surface area contributed by atoms with Crippen molar-refractivity contribution < 1.29 is 18.0 Å². The van der Waals surface area contributed by atoms with Crippen molar-refractivity contribution in [3.8, 4) is 0 Å². The lowest BCUT2D eigenvalue weighted by molar-refractivity contribution is -0.128. The third kappa shape index (κ3) is 4.60. The second-order valence-corrected chi connectivity index (χ2v) is 9.06. The fraction of sp³-hybridized carbons (Fsp3) is 0.556. The average molecular weight is 366 g/mol. The smallest absolute Gasteiger partial charge is 0.245 e. The van der Waals surface area contributed by atoms with Crippen molar-refractivity contribution in [2.24, 2.45) is 0 Å². The second-order valence-electron chi connectivity index (χ2n) is 6.62. The third-order valence-electron chi connectivity index (χ3n) is 4.58. The fourth-order valence-corrected chi connectivity index (χ4v) is 4.30. The van der Waals surface area contributed by atoms with Gasteiger partial charge in [0.25, 0.3) is 0 Å². The first-order chi connectivity index (χ1) is 11.7. The maximum atomic E-state index is 12.8. The number of hydrogen-bond donors (Lipinski definition) is 0. The molecule has 0 radical (unpaired) electrons. The topological polar surface area (TPSA) is 74.8 Å². The number of carbonyl (C=O) groups is 2. The van der Waals surface area contributed by atoms with Crippen LogP contribution in [-0.2, 0) is 25.8 Å². The molecule has 0 bridgehead atoms. The monoisotopic (exact) mass is 366 g/mol. The lowest BCUT2D eigenvalue weighted by Gasteiger charge is -2.31. The molecule has 0 saturated heterocycles. The summed E-state index contributed by atoms with van der Waals surface area (Å²) < 4.78 is 25.0. The van der Waals surface area contributed by atoms with Gasteiger partial charge in [-0.05, 0) is 37.8 Å². The Hall–Kier alpha value is -1.89. The van der Waals surface area contributed by atoms with Crippen LogP contribution in [0.4, 0.5) is 5.69 Å². The van der Waals surface area contributed by atoms with Crippen molar-refractivity contribution in [2.75, 3.05) is 31.3 Å². The molecule has 0 aliphatic carbocycles. The zero-order valence-electron chi connectivity index (χ0n) is 15.1. The van der Waals surface area contributed by atoms with Gasteiger partial charge in [-0.2, -0.15) is 0 Å². The minimum Gasteiger partial charge on any atom is -0.349 e. The van der Waals surface area contributed by atoms with E-state index in [9.17, 15) is 18.0 Å². The van der Waals surface area contributed by atoms with Crippen LogP contribution in [0.15, 0.2) is 24.3 Å². The zero-order valence-corrected chi connectivity index (χ0v) is 15.9. The van der Waals surface area contributed by atoms with Crippen LogP contribution in [0.5, 0.6) is 0 Å². The van der Waals surface area contributed by atoms with Gasteiger partial charge in [-0.25, -0.2) is 8.42 Å². The molecule has 1 aromatic rings. The van der Waals surface area contributed by atoms with E-state index in [1.165, 1.54) is 11.8 Å². The summed E-state index contributed by atoms with van der Waals surface area (Å²) in [5, 5.41) is -1.10. The number of rotatable bonds is 6. The third-order valence-corrected chi connectivity index (χ3v) is 6.72. The molecule has 0 aromatic heterocycles. The minimum absolute atomic E-state index is 0.112. The Morgan fingerprint density at radius 2 is 1.92 bits per heavy atom. The van der Waals surface area contributed by atoms with Gasteiger partial charge in [0.2, 0.25) is 11.8 Å². The zero-order chi connectivity index (χ0) is 18.6. The molecule has 7 heteroatoms. The molecule has 2 rings (SSSR count). The normalized spacial score (nSPS) is 15.4. The molecule has 1 unspecified atom stereocenters. The van der Waals surface area contributed by atoms with Gasteiger partial charge in [0.05, 0.1) is 5.75 Å². The molecule has 1 aliphatic heterocycles. The lowest BCUT2D eigenvalue weighted by atomic mass is 10.0. The molecule has 1 heterocycles. The maximum Gasteiger partial charge on any atom is 0.245 e. The number of anilines is 1. The Morgan fingerprint density at radius 1 is 1.24 bits per heavy atom. The van der Waals surface area contributed by atoms with E-state index in [4.69, 9.17) is 0 Å². The van der Waals surface area contributed by atoms with Gasteiger partial charge in [-0.3, -0.25) is 9.59 Å². The van der Waals surface area contributed by atoms with E-state index < -0.39 is 15.1 Å². The molecule has 0 spiro atoms. The van der Waals surface area contributed by atoms with E-state index in [-0.39, 0.29) is 30.4 Å². The quantitative estimate of drug-likeness (QED) is 0.767. The van der Waals surface area contributed by atoms with Gasteiger partial charge in [-0.15, -0.1) is 0 Å². The molecule has 1 atom stereocenters. The molecular formula is C18H26N2O4S. The number of carbonyl (C=O) groups excluding carboxylic acids is 2. The first kappa shape index (κ1) is 19.4. The van der Waals surface area contributed by atoms with Crippen LogP contribution >= 0.6 is 0 Å². The van der Waals surface area contributed by atoms with Gasteiger partial charge in [0, 0.05) is 32.7 Å². The van der Waals surface area contributed by atoms with Gasteiger partial charge in [0.15, 0.2) is 9.84 Å². The van der Waals surface area contributed by atoms with Crippen molar-refractivity contribution >= 4 is 27.3 Å². The van der Waals surface area contributed by atoms with Gasteiger partial charge >= 0.3 is 0 Å². The first-order valence-corrected chi connectivity index (χ1v) is 10.3. The Labute approximate surface area is 149 Å². The average Bonchev–Trinajstić information content (AvgIpc) is 2.59. The number of amides is 2. The van der Waals surface area contributed by atoms with Crippen molar-refractivity contribution in [3.63, 3.8) is 0 Å². The second kappa shape index (κ2) is 7.99. The summed E-state index contributed by atoms with van der Waals surface area (Å²) in [6, 6.07) is 7.62. The van der Waals surface area contributed by atoms with E-state index in [2.05, 4.69) is 0 Å². The molecule has 2 amide bonds. The van der Waals surface area contributed by atoms with Crippen molar-refractivity contribution in [1.82, 2.24) is 4.90 Å². The molecule has 1 aliphatic rings. The standard InChI is InChI=1S/C18H26N2O4S/c1-14(25(23,24)13-7-11-17(21)19(2)3)18(22)20-12-6-9-15-8-4-5-10-16(15)20/h4-5,8,10,14H,6-7,9,11-13H2,1-3H3. The Balaban J connectivity index is 2.05. The molecule has 1 aromatic carbocycles. The molecule has 138 valence electrons. The van der Waals surface area contributed by atoms with Gasteiger partial charge in [-0.1, -0.05) is 18.2 Å². The summed E-state index contributed by atoms with van der Waals surface area (Å²) in [6.07, 6.45) is 2.12. The molecule has 0 N–H and O–H groups in total. The molecular weight excluding hydrogens is 340 g/mol. The van der Waals surface area contributed by atoms with E-state index in [1.54, 1.807) is 19.0 Å². The predicted octanol–water partition coefficient (Wildman–Crippen LogP) is 1.64. The minimum atomic E-state index is -3.59. The van der Waals surface area contributed by atoms with Crippen LogP contribution in [0, 0.1) is 0 Å². The van der Waals surface area contributed by atoms with Crippen molar-refractivity contribution in [3.05, 3.63) is 29.8 Å². The highest BCUT2D eigenvalue weighted by molar-refractivity contribution is 7.92. The number of hydrogen-bond acceptors (Lipinski definition) is 4. The Kier molecular flexibility index (Phi) is 6.21. The summed E-state index contributed by atoms with van der Waals surface area (Å²) in [6.45, 7) is 1.98. The SMILES string of the molecule is CC(C(=O)N1CCCc2ccccc21)S(=O)(=O)CCCC(=O)N(C)C. The number of aryl methyl sites for hydroxylation is 1. The Morgan fingerprint density at radius 3 is 2.60 bits per heavy atom. The van der Waals surface area contributed by atoms with Crippen LogP contribution in [-0.4, -0.2) is 56.8 Å². The Bertz CT molecular complexity index is 743. The molecule has 25 heavy (non-hydrogen) atoms. The van der Waals surface area contributed by atoms with Gasteiger partial charge in [0.1, 0.15) is 5.25 Å². The maximum absolute atomic E-state index is 12.8.